The lowest BCUT2D eigenvalue weighted by Crippen LogP contribution is -2.22. The molecule has 0 N–H and O–H groups in total. The summed E-state index contributed by atoms with van der Waals surface area (Å²) in [6.07, 6.45) is 1.24. The van der Waals surface area contributed by atoms with E-state index in [0.717, 1.165) is 0 Å². The first kappa shape index (κ1) is 19.9. The van der Waals surface area contributed by atoms with Gasteiger partial charge in [0.2, 0.25) is 17.4 Å². The number of aryl methyl sites for hydroxylation is 1. The van der Waals surface area contributed by atoms with Gasteiger partial charge in [-0.05, 0) is 13.8 Å². The number of rotatable bonds is 6. The Hall–Kier alpha value is -4.35. The minimum atomic E-state index is -0.679. The molecule has 0 fully saturated rings. The Kier molecular flexibility index (Phi) is 5.03. The van der Waals surface area contributed by atoms with E-state index in [1.807, 2.05) is 0 Å². The molecule has 158 valence electrons. The number of non-ortho nitro benzene ring substituents is 1. The molecule has 1 aromatic carbocycles. The van der Waals surface area contributed by atoms with E-state index >= 15 is 0 Å². The van der Waals surface area contributed by atoms with Gasteiger partial charge in [-0.2, -0.15) is 4.98 Å². The first-order valence-corrected chi connectivity index (χ1v) is 9.12. The number of nitro groups is 1. The molecule has 0 aliphatic carbocycles. The molecule has 12 heteroatoms. The zero-order chi connectivity index (χ0) is 22.1. The smallest absolute Gasteiger partial charge is 0.342 e. The molecule has 0 bridgehead atoms. The summed E-state index contributed by atoms with van der Waals surface area (Å²) in [6.45, 7) is 3.21. The second kappa shape index (κ2) is 7.82. The molecular weight excluding hydrogens is 410 g/mol. The Labute approximate surface area is 173 Å². The zero-order valence-corrected chi connectivity index (χ0v) is 16.4. The van der Waals surface area contributed by atoms with Gasteiger partial charge in [0.1, 0.15) is 29.6 Å². The molecule has 3 aromatic heterocycles. The Bertz CT molecular complexity index is 1370. The van der Waals surface area contributed by atoms with Gasteiger partial charge < -0.3 is 13.7 Å². The number of aromatic nitrogens is 4. The summed E-state index contributed by atoms with van der Waals surface area (Å²) >= 11 is 0. The van der Waals surface area contributed by atoms with Gasteiger partial charge in [-0.25, -0.2) is 9.78 Å². The third kappa shape index (κ3) is 3.66. The Morgan fingerprint density at radius 2 is 2.16 bits per heavy atom. The number of furan rings is 1. The van der Waals surface area contributed by atoms with E-state index in [4.69, 9.17) is 13.7 Å². The fourth-order valence-electron chi connectivity index (χ4n) is 3.04. The van der Waals surface area contributed by atoms with Gasteiger partial charge in [-0.15, -0.1) is 0 Å². The Morgan fingerprint density at radius 3 is 2.90 bits per heavy atom. The molecule has 0 aliphatic rings. The minimum Gasteiger partial charge on any atom is -0.462 e. The van der Waals surface area contributed by atoms with Crippen molar-refractivity contribution in [2.24, 2.45) is 0 Å². The lowest BCUT2D eigenvalue weighted by molar-refractivity contribution is -0.384. The maximum Gasteiger partial charge on any atom is 0.342 e. The van der Waals surface area contributed by atoms with Crippen LogP contribution in [-0.2, 0) is 11.3 Å². The van der Waals surface area contributed by atoms with Gasteiger partial charge in [0.15, 0.2) is 0 Å². The number of benzene rings is 1. The van der Waals surface area contributed by atoms with E-state index < -0.39 is 16.5 Å². The van der Waals surface area contributed by atoms with Crippen LogP contribution >= 0.6 is 0 Å². The van der Waals surface area contributed by atoms with E-state index in [1.165, 1.54) is 29.1 Å². The molecule has 3 heterocycles. The summed E-state index contributed by atoms with van der Waals surface area (Å²) < 4.78 is 16.8. The van der Waals surface area contributed by atoms with Crippen LogP contribution in [0.1, 0.15) is 28.9 Å². The van der Waals surface area contributed by atoms with Crippen LogP contribution in [0.25, 0.3) is 22.5 Å². The molecule has 0 unspecified atom stereocenters. The van der Waals surface area contributed by atoms with Crippen molar-refractivity contribution in [3.05, 3.63) is 68.3 Å². The summed E-state index contributed by atoms with van der Waals surface area (Å²) in [7, 11) is 0. The zero-order valence-electron chi connectivity index (χ0n) is 16.4. The van der Waals surface area contributed by atoms with Crippen LogP contribution in [0.3, 0.4) is 0 Å². The van der Waals surface area contributed by atoms with Crippen molar-refractivity contribution in [3.8, 4) is 11.4 Å². The predicted molar refractivity (Wildman–Crippen MR) is 104 cm³/mol. The molecule has 0 saturated heterocycles. The number of hydrogen-bond acceptors (Lipinski definition) is 10. The highest BCUT2D eigenvalue weighted by molar-refractivity contribution is 6.03. The molecule has 0 atom stereocenters. The maximum absolute atomic E-state index is 13.0. The predicted octanol–water partition coefficient (Wildman–Crippen LogP) is 2.48. The van der Waals surface area contributed by atoms with Crippen molar-refractivity contribution in [2.75, 3.05) is 6.61 Å². The highest BCUT2D eigenvalue weighted by Crippen LogP contribution is 2.23. The molecule has 0 spiro atoms. The molecule has 12 nitrogen and oxygen atoms in total. The maximum atomic E-state index is 13.0. The van der Waals surface area contributed by atoms with Crippen LogP contribution in [0.15, 0.2) is 44.3 Å². The van der Waals surface area contributed by atoms with Gasteiger partial charge in [-0.3, -0.25) is 19.5 Å². The summed E-state index contributed by atoms with van der Waals surface area (Å²) in [5, 5.41) is 14.8. The van der Waals surface area contributed by atoms with Gasteiger partial charge in [0.25, 0.3) is 11.2 Å². The number of nitro benzene ring substituents is 1. The number of carbonyl (C=O) groups is 1. The van der Waals surface area contributed by atoms with E-state index in [1.54, 1.807) is 19.9 Å². The number of esters is 1. The highest BCUT2D eigenvalue weighted by Gasteiger charge is 2.24. The largest absolute Gasteiger partial charge is 0.462 e. The van der Waals surface area contributed by atoms with E-state index in [2.05, 4.69) is 15.1 Å². The van der Waals surface area contributed by atoms with Crippen molar-refractivity contribution < 1.29 is 23.4 Å². The van der Waals surface area contributed by atoms with Crippen molar-refractivity contribution in [3.63, 3.8) is 0 Å². The molecule has 0 aliphatic heterocycles. The number of ether oxygens (including phenoxy) is 1. The molecule has 4 rings (SSSR count). The quantitative estimate of drug-likeness (QED) is 0.255. The van der Waals surface area contributed by atoms with Crippen molar-refractivity contribution in [2.45, 2.75) is 20.4 Å². The molecule has 4 aromatic rings. The second-order valence-electron chi connectivity index (χ2n) is 6.43. The average Bonchev–Trinajstić information content (AvgIpc) is 3.34. The number of nitrogens with zero attached hydrogens (tertiary/aromatic N) is 5. The molecule has 0 amide bonds. The molecular formula is C19H15N5O7. The van der Waals surface area contributed by atoms with E-state index in [9.17, 15) is 19.7 Å². The van der Waals surface area contributed by atoms with E-state index in [0.29, 0.717) is 5.56 Å². The number of carbonyl (C=O) groups excluding carboxylic acids is 1. The SMILES string of the molecule is CCOC(=O)c1c(C)oc2ncn(Cc3nc(-c4cccc([N+](=O)[O-])c4)no3)c(=O)c12. The lowest BCUT2D eigenvalue weighted by atomic mass is 10.2. The summed E-state index contributed by atoms with van der Waals surface area (Å²) in [6, 6.07) is 5.76. The Balaban J connectivity index is 1.69. The van der Waals surface area contributed by atoms with Crippen LogP contribution in [0, 0.1) is 17.0 Å². The molecule has 31 heavy (non-hydrogen) atoms. The number of fused-ring (bicyclic) bond motifs is 1. The van der Waals surface area contributed by atoms with Gasteiger partial charge in [-0.1, -0.05) is 17.3 Å². The van der Waals surface area contributed by atoms with E-state index in [-0.39, 0.29) is 53.0 Å². The molecule has 0 radical (unpaired) electrons. The number of hydrogen-bond donors (Lipinski definition) is 0. The topological polar surface area (TPSA) is 156 Å². The fraction of sp³-hybridized carbons (Fsp3) is 0.211. The van der Waals surface area contributed by atoms with Crippen molar-refractivity contribution in [1.29, 1.82) is 0 Å². The molecule has 0 saturated carbocycles. The van der Waals surface area contributed by atoms with Crippen LogP contribution in [0.5, 0.6) is 0 Å². The fourth-order valence-corrected chi connectivity index (χ4v) is 3.04. The lowest BCUT2D eigenvalue weighted by Gasteiger charge is -2.02. The summed E-state index contributed by atoms with van der Waals surface area (Å²) in [4.78, 5) is 43.9. The average molecular weight is 425 g/mol. The highest BCUT2D eigenvalue weighted by atomic mass is 16.6. The minimum absolute atomic E-state index is 0.00290. The Morgan fingerprint density at radius 1 is 1.35 bits per heavy atom. The van der Waals surface area contributed by atoms with Gasteiger partial charge in [0.05, 0.1) is 11.5 Å². The van der Waals surface area contributed by atoms with Crippen LogP contribution in [-0.4, -0.2) is 37.2 Å². The third-order valence-electron chi connectivity index (χ3n) is 4.42. The van der Waals surface area contributed by atoms with Crippen LogP contribution in [0.4, 0.5) is 5.69 Å². The normalized spacial score (nSPS) is 11.0. The third-order valence-corrected chi connectivity index (χ3v) is 4.42. The summed E-state index contributed by atoms with van der Waals surface area (Å²) in [5.41, 5.74) is -0.229. The van der Waals surface area contributed by atoms with Gasteiger partial charge in [0, 0.05) is 17.7 Å². The van der Waals surface area contributed by atoms with Crippen LogP contribution in [0.2, 0.25) is 0 Å². The standard InChI is InChI=1S/C19H15N5O7/c1-3-29-19(26)14-10(2)30-17-15(14)18(25)23(9-20-17)8-13-21-16(22-31-13)11-5-4-6-12(7-11)24(27)28/h4-7,9H,3,8H2,1-2H3. The van der Waals surface area contributed by atoms with Crippen molar-refractivity contribution in [1.82, 2.24) is 19.7 Å². The monoisotopic (exact) mass is 425 g/mol. The first-order valence-electron chi connectivity index (χ1n) is 9.12. The van der Waals surface area contributed by atoms with Crippen LogP contribution < -0.4 is 5.56 Å². The first-order chi connectivity index (χ1) is 14.9. The van der Waals surface area contributed by atoms with Crippen molar-refractivity contribution >= 4 is 22.8 Å². The summed E-state index contributed by atoms with van der Waals surface area (Å²) in [5.74, 6) is -0.252. The second-order valence-corrected chi connectivity index (χ2v) is 6.43. The van der Waals surface area contributed by atoms with Gasteiger partial charge >= 0.3 is 5.97 Å².